The Kier molecular flexibility index (Phi) is 9.75. The maximum absolute atomic E-state index is 11.0. The minimum absolute atomic E-state index is 0.107. The lowest BCUT2D eigenvalue weighted by Gasteiger charge is -2.22. The molecule has 0 spiro atoms. The number of pyridine rings is 1. The van der Waals surface area contributed by atoms with Gasteiger partial charge in [0, 0.05) is 6.92 Å². The van der Waals surface area contributed by atoms with E-state index in [2.05, 4.69) is 40.0 Å². The normalized spacial score (nSPS) is 27.4. The topological polar surface area (TPSA) is 59.4 Å². The van der Waals surface area contributed by atoms with Crippen molar-refractivity contribution in [2.45, 2.75) is 68.9 Å². The predicted octanol–water partition coefficient (Wildman–Crippen LogP) is 5.45. The van der Waals surface area contributed by atoms with E-state index in [0.717, 1.165) is 37.7 Å². The molecule has 1 aliphatic rings. The van der Waals surface area contributed by atoms with Crippen molar-refractivity contribution in [3.63, 3.8) is 0 Å². The number of halogens is 3. The molecule has 156 valence electrons. The van der Waals surface area contributed by atoms with E-state index in [4.69, 9.17) is 27.9 Å². The second kappa shape index (κ2) is 11.5. The van der Waals surface area contributed by atoms with Crippen LogP contribution in [0.15, 0.2) is 24.3 Å². The van der Waals surface area contributed by atoms with Gasteiger partial charge in [-0.25, -0.2) is 4.98 Å². The maximum Gasteiger partial charge on any atom is 0.303 e. The van der Waals surface area contributed by atoms with Gasteiger partial charge in [-0.05, 0) is 55.2 Å². The summed E-state index contributed by atoms with van der Waals surface area (Å²) in [5.41, 5.74) is 1.66. The first-order valence-electron chi connectivity index (χ1n) is 9.73. The molecular weight excluding hydrogens is 465 g/mol. The molecule has 0 saturated heterocycles. The van der Waals surface area contributed by atoms with Crippen LogP contribution in [0.25, 0.3) is 0 Å². The third kappa shape index (κ3) is 6.72. The Hall–Kier alpha value is -0.620. The maximum atomic E-state index is 11.0. The molecule has 1 aliphatic carbocycles. The van der Waals surface area contributed by atoms with Gasteiger partial charge in [0.1, 0.15) is 11.8 Å². The number of carbonyl (C=O) groups excluding carboxylic acids is 1. The number of carbonyl (C=O) groups is 1. The van der Waals surface area contributed by atoms with Crippen LogP contribution in [-0.2, 0) is 22.6 Å². The summed E-state index contributed by atoms with van der Waals surface area (Å²) in [6.45, 7) is 3.62. The van der Waals surface area contributed by atoms with Crippen LogP contribution >= 0.6 is 39.1 Å². The fraction of sp³-hybridized carbons (Fsp3) is 0.619. The van der Waals surface area contributed by atoms with Crippen molar-refractivity contribution in [2.75, 3.05) is 0 Å². The summed E-state index contributed by atoms with van der Waals surface area (Å²) in [5, 5.41) is 10.9. The number of unbranched alkanes of at least 4 members (excludes halogenated alkanes) is 1. The molecule has 1 N–H and O–H groups in total. The number of aromatic nitrogens is 1. The fourth-order valence-corrected chi connectivity index (χ4v) is 5.21. The molecule has 4 nitrogen and oxygen atoms in total. The van der Waals surface area contributed by atoms with E-state index in [1.54, 1.807) is 0 Å². The summed E-state index contributed by atoms with van der Waals surface area (Å²) < 4.78 is 5.01. The van der Waals surface area contributed by atoms with Crippen LogP contribution in [-0.4, -0.2) is 32.4 Å². The van der Waals surface area contributed by atoms with E-state index in [1.165, 1.54) is 6.92 Å². The number of ether oxygens (including phenoxy) is 1. The summed E-state index contributed by atoms with van der Waals surface area (Å²) in [5.74, 6) is -0.0374. The highest BCUT2D eigenvalue weighted by atomic mass is 79.9. The molecule has 0 aliphatic heterocycles. The summed E-state index contributed by atoms with van der Waals surface area (Å²) in [6, 6.07) is 3.74. The highest BCUT2D eigenvalue weighted by Gasteiger charge is 2.46. The van der Waals surface area contributed by atoms with E-state index in [-0.39, 0.29) is 34.6 Å². The number of rotatable bonds is 9. The van der Waals surface area contributed by atoms with Gasteiger partial charge in [-0.1, -0.05) is 53.0 Å². The van der Waals surface area contributed by atoms with Crippen molar-refractivity contribution in [1.82, 2.24) is 4.98 Å². The second-order valence-electron chi connectivity index (χ2n) is 7.31. The molecule has 3 unspecified atom stereocenters. The molecule has 0 aromatic carbocycles. The number of allylic oxidation sites excluding steroid dienone is 2. The Bertz CT molecular complexity index is 686. The average molecular weight is 493 g/mol. The number of alkyl halides is 2. The molecule has 0 amide bonds. The van der Waals surface area contributed by atoms with Gasteiger partial charge < -0.3 is 9.84 Å². The van der Waals surface area contributed by atoms with Gasteiger partial charge in [-0.15, -0.1) is 11.6 Å². The minimum Gasteiger partial charge on any atom is -0.459 e. The van der Waals surface area contributed by atoms with E-state index in [9.17, 15) is 9.90 Å². The van der Waals surface area contributed by atoms with Crippen LogP contribution in [0, 0.1) is 11.8 Å². The van der Waals surface area contributed by atoms with Crippen molar-refractivity contribution in [3.8, 4) is 0 Å². The van der Waals surface area contributed by atoms with Gasteiger partial charge in [-0.2, -0.15) is 0 Å². The van der Waals surface area contributed by atoms with Crippen molar-refractivity contribution < 1.29 is 14.6 Å². The third-order valence-electron chi connectivity index (χ3n) is 5.15. The van der Waals surface area contributed by atoms with Crippen molar-refractivity contribution >= 4 is 45.1 Å². The monoisotopic (exact) mass is 491 g/mol. The minimum atomic E-state index is -0.459. The fourth-order valence-electron chi connectivity index (χ4n) is 3.71. The molecule has 2 rings (SSSR count). The first kappa shape index (κ1) is 23.7. The lowest BCUT2D eigenvalue weighted by atomic mass is 9.86. The van der Waals surface area contributed by atoms with Gasteiger partial charge in [0.05, 0.1) is 22.0 Å². The van der Waals surface area contributed by atoms with E-state index in [1.807, 2.05) is 12.1 Å². The molecule has 1 aromatic rings. The zero-order valence-corrected chi connectivity index (χ0v) is 19.4. The lowest BCUT2D eigenvalue weighted by Crippen LogP contribution is -2.23. The number of hydrogen-bond acceptors (Lipinski definition) is 4. The Labute approximate surface area is 185 Å². The Morgan fingerprint density at radius 2 is 2.11 bits per heavy atom. The largest absolute Gasteiger partial charge is 0.459 e. The number of esters is 1. The number of aryl methyl sites for hydroxylation is 1. The van der Waals surface area contributed by atoms with Gasteiger partial charge in [0.15, 0.2) is 0 Å². The predicted molar refractivity (Wildman–Crippen MR) is 117 cm³/mol. The molecule has 0 radical (unpaired) electrons. The van der Waals surface area contributed by atoms with Crippen molar-refractivity contribution in [2.24, 2.45) is 11.8 Å². The molecule has 1 heterocycles. The SMILES string of the molecule is CCC/C=C\C[C@H]1C(O)C(Br)C(Cl)[C@@H]1CCc1cc(Cl)nc(COC(C)=O)c1. The number of aliphatic hydroxyl groups is 1. The van der Waals surface area contributed by atoms with Gasteiger partial charge >= 0.3 is 5.97 Å². The summed E-state index contributed by atoms with van der Waals surface area (Å²) in [7, 11) is 0. The zero-order chi connectivity index (χ0) is 20.7. The highest BCUT2D eigenvalue weighted by molar-refractivity contribution is 9.09. The molecule has 1 fully saturated rings. The van der Waals surface area contributed by atoms with Crippen molar-refractivity contribution in [1.29, 1.82) is 0 Å². The first-order chi connectivity index (χ1) is 13.3. The van der Waals surface area contributed by atoms with Gasteiger partial charge in [-0.3, -0.25) is 4.79 Å². The molecule has 1 saturated carbocycles. The highest BCUT2D eigenvalue weighted by Crippen LogP contribution is 2.44. The quantitative estimate of drug-likeness (QED) is 0.215. The molecular formula is C21H28BrCl2NO3. The molecule has 5 atom stereocenters. The van der Waals surface area contributed by atoms with E-state index >= 15 is 0 Å². The lowest BCUT2D eigenvalue weighted by molar-refractivity contribution is -0.142. The standard InChI is InChI=1S/C21H28BrCl2NO3/c1-3-4-5-6-7-17-16(20(24)19(22)21(17)27)9-8-14-10-15(12-28-13(2)26)25-18(23)11-14/h5-6,10-11,16-17,19-21,27H,3-4,7-9,12H2,1-2H3/b6-5-/t16-,17-,19?,20?,21?/m1/s1. The van der Waals surface area contributed by atoms with Crippen LogP contribution in [0.5, 0.6) is 0 Å². The number of nitrogens with zero attached hydrogens (tertiary/aromatic N) is 1. The number of hydrogen-bond donors (Lipinski definition) is 1. The molecule has 0 bridgehead atoms. The van der Waals surface area contributed by atoms with Crippen LogP contribution in [0.2, 0.25) is 5.15 Å². The summed E-state index contributed by atoms with van der Waals surface area (Å²) in [6.07, 6.45) is 8.49. The summed E-state index contributed by atoms with van der Waals surface area (Å²) in [4.78, 5) is 15.1. The van der Waals surface area contributed by atoms with Gasteiger partial charge in [0.2, 0.25) is 0 Å². The molecule has 7 heteroatoms. The van der Waals surface area contributed by atoms with Crippen molar-refractivity contribution in [3.05, 3.63) is 40.7 Å². The second-order valence-corrected chi connectivity index (χ2v) is 9.26. The van der Waals surface area contributed by atoms with E-state index < -0.39 is 6.10 Å². The Balaban J connectivity index is 2.04. The Morgan fingerprint density at radius 1 is 1.36 bits per heavy atom. The van der Waals surface area contributed by atoms with Gasteiger partial charge in [0.25, 0.3) is 0 Å². The molecule has 28 heavy (non-hydrogen) atoms. The zero-order valence-electron chi connectivity index (χ0n) is 16.3. The van der Waals surface area contributed by atoms with Crippen LogP contribution in [0.1, 0.15) is 50.8 Å². The Morgan fingerprint density at radius 3 is 2.79 bits per heavy atom. The number of aliphatic hydroxyl groups excluding tert-OH is 1. The van der Waals surface area contributed by atoms with Crippen LogP contribution < -0.4 is 0 Å². The smallest absolute Gasteiger partial charge is 0.303 e. The molecule has 1 aromatic heterocycles. The van der Waals surface area contributed by atoms with Crippen LogP contribution in [0.4, 0.5) is 0 Å². The summed E-state index contributed by atoms with van der Waals surface area (Å²) >= 11 is 16.3. The van der Waals surface area contributed by atoms with Crippen LogP contribution in [0.3, 0.4) is 0 Å². The van der Waals surface area contributed by atoms with E-state index in [0.29, 0.717) is 10.8 Å². The first-order valence-corrected chi connectivity index (χ1v) is 11.5. The third-order valence-corrected chi connectivity index (χ3v) is 7.36. The average Bonchev–Trinajstić information content (AvgIpc) is 2.85.